The Balaban J connectivity index is 1.61. The van der Waals surface area contributed by atoms with Gasteiger partial charge in [-0.2, -0.15) is 5.10 Å². The number of rotatable bonds is 4. The van der Waals surface area contributed by atoms with E-state index < -0.39 is 6.23 Å². The summed E-state index contributed by atoms with van der Waals surface area (Å²) in [5, 5.41) is 16.9. The third kappa shape index (κ3) is 2.90. The SMILES string of the molecule is COc1cc(C2=NN3[C@H](C2)c2cccc(OC)c2O[C@H]3c2ccncc2)ccc1O. The third-order valence-corrected chi connectivity index (χ3v) is 5.50. The molecule has 7 heteroatoms. The summed E-state index contributed by atoms with van der Waals surface area (Å²) >= 11 is 0. The summed E-state index contributed by atoms with van der Waals surface area (Å²) < 4.78 is 17.2. The van der Waals surface area contributed by atoms with Gasteiger partial charge in [-0.1, -0.05) is 12.1 Å². The molecule has 2 atom stereocenters. The maximum Gasteiger partial charge on any atom is 0.214 e. The van der Waals surface area contributed by atoms with E-state index in [9.17, 15) is 5.11 Å². The number of aromatic hydroxyl groups is 1. The lowest BCUT2D eigenvalue weighted by Gasteiger charge is -2.38. The van der Waals surface area contributed by atoms with Crippen molar-refractivity contribution in [2.75, 3.05) is 14.2 Å². The molecular formula is C23H21N3O4. The number of hydrogen-bond donors (Lipinski definition) is 1. The summed E-state index contributed by atoms with van der Waals surface area (Å²) in [7, 11) is 3.18. The number of nitrogens with zero attached hydrogens (tertiary/aromatic N) is 3. The highest BCUT2D eigenvalue weighted by Gasteiger charge is 2.42. The van der Waals surface area contributed by atoms with Gasteiger partial charge in [-0.3, -0.25) is 4.98 Å². The van der Waals surface area contributed by atoms with Crippen molar-refractivity contribution in [1.29, 1.82) is 0 Å². The molecule has 30 heavy (non-hydrogen) atoms. The average molecular weight is 403 g/mol. The van der Waals surface area contributed by atoms with Gasteiger partial charge in [0, 0.05) is 35.5 Å². The first-order valence-electron chi connectivity index (χ1n) is 9.66. The van der Waals surface area contributed by atoms with E-state index in [1.807, 2.05) is 41.4 Å². The van der Waals surface area contributed by atoms with Gasteiger partial charge in [0.25, 0.3) is 0 Å². The second kappa shape index (κ2) is 7.26. The first-order chi connectivity index (χ1) is 14.7. The maximum absolute atomic E-state index is 9.95. The molecule has 0 saturated heterocycles. The van der Waals surface area contributed by atoms with E-state index in [0.29, 0.717) is 17.9 Å². The fourth-order valence-corrected chi connectivity index (χ4v) is 4.02. The van der Waals surface area contributed by atoms with Crippen LogP contribution in [0.3, 0.4) is 0 Å². The lowest BCUT2D eigenvalue weighted by atomic mass is 9.95. The number of fused-ring (bicyclic) bond motifs is 3. The van der Waals surface area contributed by atoms with E-state index in [-0.39, 0.29) is 11.8 Å². The van der Waals surface area contributed by atoms with Gasteiger partial charge in [0.15, 0.2) is 23.0 Å². The fraction of sp³-hybridized carbons (Fsp3) is 0.217. The van der Waals surface area contributed by atoms with Gasteiger partial charge in [0.1, 0.15) is 0 Å². The summed E-state index contributed by atoms with van der Waals surface area (Å²) in [5.41, 5.74) is 3.79. The van der Waals surface area contributed by atoms with Crippen molar-refractivity contribution in [2.24, 2.45) is 5.10 Å². The topological polar surface area (TPSA) is 76.4 Å². The lowest BCUT2D eigenvalue weighted by Crippen LogP contribution is -2.33. The Morgan fingerprint density at radius 1 is 1.03 bits per heavy atom. The van der Waals surface area contributed by atoms with Crippen molar-refractivity contribution in [3.05, 3.63) is 77.6 Å². The van der Waals surface area contributed by atoms with Crippen LogP contribution in [0.2, 0.25) is 0 Å². The van der Waals surface area contributed by atoms with Gasteiger partial charge in [0.2, 0.25) is 6.23 Å². The van der Waals surface area contributed by atoms with Crippen molar-refractivity contribution in [1.82, 2.24) is 9.99 Å². The molecule has 0 amide bonds. The molecule has 2 aromatic carbocycles. The molecule has 0 radical (unpaired) electrons. The van der Waals surface area contributed by atoms with Crippen LogP contribution in [0.1, 0.15) is 35.4 Å². The number of benzene rings is 2. The van der Waals surface area contributed by atoms with E-state index in [0.717, 1.165) is 28.2 Å². The van der Waals surface area contributed by atoms with Gasteiger partial charge < -0.3 is 19.3 Å². The summed E-state index contributed by atoms with van der Waals surface area (Å²) in [6.07, 6.45) is 3.78. The van der Waals surface area contributed by atoms with Crippen LogP contribution in [-0.2, 0) is 0 Å². The van der Waals surface area contributed by atoms with Gasteiger partial charge >= 0.3 is 0 Å². The van der Waals surface area contributed by atoms with E-state index in [1.54, 1.807) is 31.6 Å². The molecule has 0 saturated carbocycles. The van der Waals surface area contributed by atoms with Gasteiger partial charge in [0.05, 0.1) is 26.0 Å². The van der Waals surface area contributed by atoms with Crippen LogP contribution >= 0.6 is 0 Å². The minimum atomic E-state index is -0.404. The number of ether oxygens (including phenoxy) is 3. The van der Waals surface area contributed by atoms with E-state index in [1.165, 1.54) is 7.11 Å². The van der Waals surface area contributed by atoms with Crippen molar-refractivity contribution in [3.8, 4) is 23.0 Å². The summed E-state index contributed by atoms with van der Waals surface area (Å²) in [4.78, 5) is 4.12. The van der Waals surface area contributed by atoms with Crippen LogP contribution in [0.15, 0.2) is 66.0 Å². The Kier molecular flexibility index (Phi) is 4.43. The van der Waals surface area contributed by atoms with Crippen LogP contribution in [0.25, 0.3) is 0 Å². The van der Waals surface area contributed by atoms with Crippen LogP contribution in [-0.4, -0.2) is 35.0 Å². The van der Waals surface area contributed by atoms with Crippen LogP contribution in [0.5, 0.6) is 23.0 Å². The molecule has 2 aliphatic rings. The second-order valence-corrected chi connectivity index (χ2v) is 7.16. The van der Waals surface area contributed by atoms with Crippen LogP contribution in [0.4, 0.5) is 0 Å². The predicted octanol–water partition coefficient (Wildman–Crippen LogP) is 4.05. The highest BCUT2D eigenvalue weighted by Crippen LogP contribution is 2.50. The monoisotopic (exact) mass is 403 g/mol. The molecule has 2 aliphatic heterocycles. The molecule has 0 unspecified atom stereocenters. The molecule has 0 spiro atoms. The minimum Gasteiger partial charge on any atom is -0.504 e. The third-order valence-electron chi connectivity index (χ3n) is 5.50. The smallest absolute Gasteiger partial charge is 0.214 e. The lowest BCUT2D eigenvalue weighted by molar-refractivity contribution is -0.0209. The largest absolute Gasteiger partial charge is 0.504 e. The van der Waals surface area contributed by atoms with Crippen molar-refractivity contribution in [2.45, 2.75) is 18.7 Å². The Morgan fingerprint density at radius 2 is 1.83 bits per heavy atom. The number of methoxy groups -OCH3 is 2. The van der Waals surface area contributed by atoms with Gasteiger partial charge in [-0.15, -0.1) is 0 Å². The highest BCUT2D eigenvalue weighted by molar-refractivity contribution is 6.02. The molecule has 0 bridgehead atoms. The van der Waals surface area contributed by atoms with E-state index >= 15 is 0 Å². The zero-order valence-corrected chi connectivity index (χ0v) is 16.6. The van der Waals surface area contributed by atoms with Crippen molar-refractivity contribution < 1.29 is 19.3 Å². The Morgan fingerprint density at radius 3 is 2.60 bits per heavy atom. The zero-order chi connectivity index (χ0) is 20.7. The number of para-hydroxylation sites is 1. The number of hydrogen-bond acceptors (Lipinski definition) is 7. The first kappa shape index (κ1) is 18.3. The molecule has 0 aliphatic carbocycles. The summed E-state index contributed by atoms with van der Waals surface area (Å²) in [5.74, 6) is 1.96. The highest BCUT2D eigenvalue weighted by atomic mass is 16.5. The standard InChI is InChI=1S/C23H21N3O4/c1-28-20-5-3-4-16-18-13-17(15-6-7-19(27)21(12-15)29-2)25-26(18)23(30-22(16)20)14-8-10-24-11-9-14/h3-12,18,23,27H,13H2,1-2H3/t18-,23+/m1/s1. The minimum absolute atomic E-state index is 0.00295. The quantitative estimate of drug-likeness (QED) is 0.708. The Bertz CT molecular complexity index is 1120. The number of phenols is 1. The Labute approximate surface area is 174 Å². The average Bonchev–Trinajstić information content (AvgIpc) is 3.24. The number of pyridine rings is 1. The van der Waals surface area contributed by atoms with Crippen LogP contribution in [0, 0.1) is 0 Å². The maximum atomic E-state index is 9.95. The molecular weight excluding hydrogens is 382 g/mol. The van der Waals surface area contributed by atoms with Crippen molar-refractivity contribution >= 4 is 5.71 Å². The molecule has 3 heterocycles. The first-order valence-corrected chi connectivity index (χ1v) is 9.66. The molecule has 1 N–H and O–H groups in total. The normalized spacial score (nSPS) is 19.4. The number of aromatic nitrogens is 1. The summed E-state index contributed by atoms with van der Waals surface area (Å²) in [6.45, 7) is 0. The molecule has 0 fully saturated rings. The molecule has 152 valence electrons. The Hall–Kier alpha value is -3.74. The van der Waals surface area contributed by atoms with Gasteiger partial charge in [-0.25, -0.2) is 5.01 Å². The summed E-state index contributed by atoms with van der Waals surface area (Å²) in [6, 6.07) is 15.1. The van der Waals surface area contributed by atoms with E-state index in [2.05, 4.69) is 4.98 Å². The predicted molar refractivity (Wildman–Crippen MR) is 111 cm³/mol. The molecule has 5 rings (SSSR count). The van der Waals surface area contributed by atoms with Gasteiger partial charge in [-0.05, 0) is 36.4 Å². The van der Waals surface area contributed by atoms with Crippen molar-refractivity contribution in [3.63, 3.8) is 0 Å². The number of phenolic OH excluding ortho intramolecular Hbond substituents is 1. The zero-order valence-electron chi connectivity index (χ0n) is 16.6. The fourth-order valence-electron chi connectivity index (χ4n) is 4.02. The molecule has 7 nitrogen and oxygen atoms in total. The van der Waals surface area contributed by atoms with E-state index in [4.69, 9.17) is 19.3 Å². The number of hydrazone groups is 1. The van der Waals surface area contributed by atoms with Crippen LogP contribution < -0.4 is 14.2 Å². The molecule has 3 aromatic rings. The molecule has 1 aromatic heterocycles. The second-order valence-electron chi connectivity index (χ2n) is 7.16.